The number of nitrogens with two attached hydrogens (primary N) is 1. The summed E-state index contributed by atoms with van der Waals surface area (Å²) in [6.07, 6.45) is 13.8. The monoisotopic (exact) mass is 274 g/mol. The van der Waals surface area contributed by atoms with Gasteiger partial charge in [-0.1, -0.05) is 24.0 Å². The van der Waals surface area contributed by atoms with E-state index in [1.165, 1.54) is 5.56 Å². The highest BCUT2D eigenvalue weighted by atomic mass is 16.3. The van der Waals surface area contributed by atoms with Gasteiger partial charge >= 0.3 is 0 Å². The van der Waals surface area contributed by atoms with E-state index in [0.29, 0.717) is 5.70 Å². The van der Waals surface area contributed by atoms with Gasteiger partial charge < -0.3 is 10.2 Å². The van der Waals surface area contributed by atoms with E-state index in [4.69, 9.17) is 10.2 Å². The first-order chi connectivity index (χ1) is 10.3. The largest absolute Gasteiger partial charge is 0.455 e. The van der Waals surface area contributed by atoms with Crippen molar-refractivity contribution in [2.75, 3.05) is 0 Å². The van der Waals surface area contributed by atoms with E-state index in [2.05, 4.69) is 29.0 Å². The summed E-state index contributed by atoms with van der Waals surface area (Å²) in [5.41, 5.74) is 9.76. The lowest BCUT2D eigenvalue weighted by molar-refractivity contribution is 0.542. The second-order valence-electron chi connectivity index (χ2n) is 5.25. The van der Waals surface area contributed by atoms with Crippen LogP contribution in [0.4, 0.5) is 0 Å². The zero-order valence-corrected chi connectivity index (χ0v) is 11.5. The van der Waals surface area contributed by atoms with Crippen LogP contribution in [-0.4, -0.2) is 5.71 Å². The van der Waals surface area contributed by atoms with Gasteiger partial charge in [-0.05, 0) is 48.8 Å². The maximum absolute atomic E-state index is 6.16. The first-order valence-corrected chi connectivity index (χ1v) is 7.04. The highest BCUT2D eigenvalue weighted by molar-refractivity contribution is 6.08. The zero-order valence-electron chi connectivity index (χ0n) is 11.5. The van der Waals surface area contributed by atoms with Crippen LogP contribution in [0.25, 0.3) is 6.08 Å². The molecule has 0 radical (unpaired) electrons. The van der Waals surface area contributed by atoms with Gasteiger partial charge in [0.25, 0.3) is 0 Å². The second-order valence-corrected chi connectivity index (χ2v) is 5.25. The minimum Gasteiger partial charge on any atom is -0.455 e. The summed E-state index contributed by atoms with van der Waals surface area (Å²) in [5, 5.41) is 0. The number of dihydropyridines is 1. The van der Waals surface area contributed by atoms with Crippen molar-refractivity contribution in [2.24, 2.45) is 16.6 Å². The summed E-state index contributed by atoms with van der Waals surface area (Å²) in [6.45, 7) is 0. The molecule has 0 saturated carbocycles. The van der Waals surface area contributed by atoms with E-state index >= 15 is 0 Å². The van der Waals surface area contributed by atoms with E-state index in [1.807, 2.05) is 30.4 Å². The number of rotatable bonds is 1. The van der Waals surface area contributed by atoms with Crippen LogP contribution in [0.3, 0.4) is 0 Å². The smallest absolute Gasteiger partial charge is 0.153 e. The molecular formula is C18H14N2O. The molecule has 3 nitrogen and oxygen atoms in total. The van der Waals surface area contributed by atoms with Gasteiger partial charge in [0.2, 0.25) is 0 Å². The van der Waals surface area contributed by atoms with E-state index in [9.17, 15) is 0 Å². The van der Waals surface area contributed by atoms with Crippen molar-refractivity contribution in [3.05, 3.63) is 64.9 Å². The van der Waals surface area contributed by atoms with Crippen LogP contribution in [0.1, 0.15) is 23.5 Å². The number of allylic oxidation sites excluding steroid dienone is 5. The highest BCUT2D eigenvalue weighted by Crippen LogP contribution is 2.29. The molecule has 1 unspecified atom stereocenters. The molecule has 0 aromatic carbocycles. The number of aryl methyl sites for hydroxylation is 1. The maximum atomic E-state index is 6.16. The van der Waals surface area contributed by atoms with Crippen molar-refractivity contribution < 1.29 is 4.42 Å². The molecule has 0 fully saturated rings. The van der Waals surface area contributed by atoms with Gasteiger partial charge in [0.1, 0.15) is 17.4 Å². The SMILES string of the molecule is NC1=CC(c2cc3c(o2)C=CCC3)=NC2=CC=CC#CC12. The molecule has 2 heterocycles. The third kappa shape index (κ3) is 2.05. The number of nitrogens with zero attached hydrogens (tertiary/aromatic N) is 1. The summed E-state index contributed by atoms with van der Waals surface area (Å²) in [5.74, 6) is 7.66. The quantitative estimate of drug-likeness (QED) is 0.800. The van der Waals surface area contributed by atoms with Crippen LogP contribution in [-0.2, 0) is 6.42 Å². The van der Waals surface area contributed by atoms with E-state index in [1.54, 1.807) is 0 Å². The molecule has 2 aliphatic carbocycles. The van der Waals surface area contributed by atoms with Gasteiger partial charge in [-0.15, -0.1) is 0 Å². The fraction of sp³-hybridized carbons (Fsp3) is 0.167. The number of fused-ring (bicyclic) bond motifs is 2. The molecule has 3 heteroatoms. The molecule has 21 heavy (non-hydrogen) atoms. The Labute approximate surface area is 123 Å². The first kappa shape index (κ1) is 12.0. The van der Waals surface area contributed by atoms with Crippen LogP contribution in [0, 0.1) is 17.8 Å². The molecule has 1 aromatic heterocycles. The molecule has 0 spiro atoms. The van der Waals surface area contributed by atoms with Crippen LogP contribution in [0.2, 0.25) is 0 Å². The van der Waals surface area contributed by atoms with Crippen molar-refractivity contribution in [2.45, 2.75) is 12.8 Å². The van der Waals surface area contributed by atoms with Gasteiger partial charge in [-0.25, -0.2) is 4.99 Å². The summed E-state index contributed by atoms with van der Waals surface area (Å²) in [7, 11) is 0. The van der Waals surface area contributed by atoms with Crippen LogP contribution in [0.5, 0.6) is 0 Å². The molecule has 0 saturated heterocycles. The summed E-state index contributed by atoms with van der Waals surface area (Å²) >= 11 is 0. The predicted octanol–water partition coefficient (Wildman–Crippen LogP) is 2.96. The van der Waals surface area contributed by atoms with E-state index in [0.717, 1.165) is 35.8 Å². The molecule has 1 aromatic rings. The van der Waals surface area contributed by atoms with Crippen molar-refractivity contribution in [3.63, 3.8) is 0 Å². The Hall–Kier alpha value is -2.73. The van der Waals surface area contributed by atoms with Crippen LogP contribution in [0.15, 0.2) is 57.3 Å². The first-order valence-electron chi connectivity index (χ1n) is 7.04. The van der Waals surface area contributed by atoms with Gasteiger partial charge in [0.15, 0.2) is 5.76 Å². The molecule has 4 rings (SSSR count). The van der Waals surface area contributed by atoms with Crippen molar-refractivity contribution in [1.29, 1.82) is 0 Å². The Kier molecular flexibility index (Phi) is 2.68. The zero-order chi connectivity index (χ0) is 14.2. The summed E-state index contributed by atoms with van der Waals surface area (Å²) < 4.78 is 5.91. The molecule has 0 bridgehead atoms. The fourth-order valence-corrected chi connectivity index (χ4v) is 2.73. The Morgan fingerprint density at radius 3 is 3.24 bits per heavy atom. The third-order valence-corrected chi connectivity index (χ3v) is 3.80. The lowest BCUT2D eigenvalue weighted by Gasteiger charge is -2.17. The Balaban J connectivity index is 1.78. The maximum Gasteiger partial charge on any atom is 0.153 e. The summed E-state index contributed by atoms with van der Waals surface area (Å²) in [4.78, 5) is 4.68. The van der Waals surface area contributed by atoms with Crippen LogP contribution < -0.4 is 5.73 Å². The average Bonchev–Trinajstić information content (AvgIpc) is 2.78. The normalized spacial score (nSPS) is 22.1. The van der Waals surface area contributed by atoms with Crippen LogP contribution >= 0.6 is 0 Å². The minimum absolute atomic E-state index is 0.117. The molecule has 1 atom stereocenters. The van der Waals surface area contributed by atoms with Gasteiger partial charge in [-0.3, -0.25) is 0 Å². The Morgan fingerprint density at radius 2 is 2.33 bits per heavy atom. The Bertz CT molecular complexity index is 819. The highest BCUT2D eigenvalue weighted by Gasteiger charge is 2.23. The Morgan fingerprint density at radius 1 is 1.38 bits per heavy atom. The molecule has 3 aliphatic rings. The molecule has 2 N–H and O–H groups in total. The molecule has 0 amide bonds. The lowest BCUT2D eigenvalue weighted by Crippen LogP contribution is -2.19. The number of hydrogen-bond acceptors (Lipinski definition) is 3. The lowest BCUT2D eigenvalue weighted by atomic mass is 9.97. The number of furan rings is 1. The standard InChI is InChI=1S/C18H14N2O/c19-14-11-16(20-15-8-3-1-2-7-13(14)15)18-10-12-6-4-5-9-17(12)21-18/h1,3,5,8-11,13H,4,6,19H2. The molecular weight excluding hydrogens is 260 g/mol. The molecule has 102 valence electrons. The topological polar surface area (TPSA) is 51.5 Å². The fourth-order valence-electron chi connectivity index (χ4n) is 2.73. The van der Waals surface area contributed by atoms with Crippen molar-refractivity contribution >= 4 is 11.8 Å². The molecule has 1 aliphatic heterocycles. The van der Waals surface area contributed by atoms with E-state index in [-0.39, 0.29) is 5.92 Å². The average molecular weight is 274 g/mol. The number of hydrogen-bond donors (Lipinski definition) is 1. The second kappa shape index (κ2) is 4.68. The summed E-state index contributed by atoms with van der Waals surface area (Å²) in [6, 6.07) is 2.07. The van der Waals surface area contributed by atoms with Gasteiger partial charge in [0.05, 0.1) is 5.70 Å². The minimum atomic E-state index is -0.117. The predicted molar refractivity (Wildman–Crippen MR) is 83.4 cm³/mol. The number of aliphatic imine (C=N–C) groups is 1. The van der Waals surface area contributed by atoms with Crippen molar-refractivity contribution in [1.82, 2.24) is 0 Å². The van der Waals surface area contributed by atoms with Crippen molar-refractivity contribution in [3.8, 4) is 11.8 Å². The van der Waals surface area contributed by atoms with Gasteiger partial charge in [0, 0.05) is 5.70 Å². The van der Waals surface area contributed by atoms with Gasteiger partial charge in [-0.2, -0.15) is 0 Å². The van der Waals surface area contributed by atoms with E-state index < -0.39 is 0 Å². The third-order valence-electron chi connectivity index (χ3n) is 3.80.